The topological polar surface area (TPSA) is 81.9 Å². The van der Waals surface area contributed by atoms with Gasteiger partial charge in [-0.15, -0.1) is 6.58 Å². The van der Waals surface area contributed by atoms with E-state index in [2.05, 4.69) is 6.58 Å². The van der Waals surface area contributed by atoms with E-state index in [0.29, 0.717) is 24.4 Å². The highest BCUT2D eigenvalue weighted by Gasteiger charge is 2.16. The smallest absolute Gasteiger partial charge is 0.255 e. The molecule has 6 heteroatoms. The number of nitrogens with two attached hydrogens (primary N) is 1. The van der Waals surface area contributed by atoms with Gasteiger partial charge in [-0.1, -0.05) is 24.3 Å². The molecule has 0 atom stereocenters. The van der Waals surface area contributed by atoms with Crippen molar-refractivity contribution < 1.29 is 19.1 Å². The van der Waals surface area contributed by atoms with Gasteiger partial charge in [0.25, 0.3) is 11.8 Å². The zero-order valence-electron chi connectivity index (χ0n) is 14.7. The first kappa shape index (κ1) is 19.1. The Hall–Kier alpha value is -3.28. The highest BCUT2D eigenvalue weighted by Crippen LogP contribution is 2.18. The molecule has 0 saturated carbocycles. The van der Waals surface area contributed by atoms with Gasteiger partial charge in [-0.2, -0.15) is 0 Å². The number of ether oxygens (including phenoxy) is 2. The van der Waals surface area contributed by atoms with E-state index in [9.17, 15) is 9.59 Å². The van der Waals surface area contributed by atoms with Gasteiger partial charge in [-0.25, -0.2) is 0 Å². The molecular weight excluding hydrogens is 332 g/mol. The van der Waals surface area contributed by atoms with E-state index in [1.54, 1.807) is 42.4 Å². The minimum absolute atomic E-state index is 0.169. The molecule has 136 valence electrons. The second kappa shape index (κ2) is 9.27. The van der Waals surface area contributed by atoms with Gasteiger partial charge in [0.1, 0.15) is 11.5 Å². The van der Waals surface area contributed by atoms with Crippen LogP contribution in [0.4, 0.5) is 0 Å². The van der Waals surface area contributed by atoms with Crippen LogP contribution in [0.5, 0.6) is 11.5 Å². The molecule has 2 rings (SSSR count). The summed E-state index contributed by atoms with van der Waals surface area (Å²) in [4.78, 5) is 25.4. The molecule has 0 spiro atoms. The summed E-state index contributed by atoms with van der Waals surface area (Å²) in [5.74, 6) is 0.398. The molecule has 6 nitrogen and oxygen atoms in total. The Morgan fingerprint density at radius 3 is 2.58 bits per heavy atom. The molecule has 2 N–H and O–H groups in total. The highest BCUT2D eigenvalue weighted by atomic mass is 16.5. The monoisotopic (exact) mass is 354 g/mol. The van der Waals surface area contributed by atoms with E-state index in [-0.39, 0.29) is 12.5 Å². The van der Waals surface area contributed by atoms with Crippen LogP contribution in [0.15, 0.2) is 61.2 Å². The maximum Gasteiger partial charge on any atom is 0.255 e. The Labute approximate surface area is 152 Å². The Morgan fingerprint density at radius 2 is 1.88 bits per heavy atom. The average Bonchev–Trinajstić information content (AvgIpc) is 2.66. The molecule has 2 aromatic carbocycles. The third-order valence-electron chi connectivity index (χ3n) is 3.61. The molecule has 0 saturated heterocycles. The Balaban J connectivity index is 2.18. The minimum atomic E-state index is -0.576. The van der Waals surface area contributed by atoms with E-state index in [0.717, 1.165) is 11.3 Å². The summed E-state index contributed by atoms with van der Waals surface area (Å²) < 4.78 is 10.5. The standard InChI is InChI=1S/C20H22N2O4/c1-3-10-22(13-15-6-4-8-17(11-15)25-2)20(24)16-7-5-9-18(12-16)26-14-19(21)23/h3-9,11-12H,1,10,13-14H2,2H3,(H2,21,23). The molecule has 0 unspecified atom stereocenters. The Kier molecular flexibility index (Phi) is 6.79. The fraction of sp³-hybridized carbons (Fsp3) is 0.200. The van der Waals surface area contributed by atoms with Gasteiger partial charge in [0.05, 0.1) is 7.11 Å². The van der Waals surface area contributed by atoms with Gasteiger partial charge in [0.2, 0.25) is 0 Å². The number of methoxy groups -OCH3 is 1. The molecule has 0 bridgehead atoms. The van der Waals surface area contributed by atoms with E-state index in [1.807, 2.05) is 24.3 Å². The third-order valence-corrected chi connectivity index (χ3v) is 3.61. The number of carbonyl (C=O) groups is 2. The third kappa shape index (κ3) is 5.37. The number of amides is 2. The molecule has 2 aromatic rings. The van der Waals surface area contributed by atoms with Crippen molar-refractivity contribution in [2.45, 2.75) is 6.54 Å². The molecule has 0 aromatic heterocycles. The summed E-state index contributed by atoms with van der Waals surface area (Å²) in [6, 6.07) is 14.2. The zero-order chi connectivity index (χ0) is 18.9. The van der Waals surface area contributed by atoms with Gasteiger partial charge >= 0.3 is 0 Å². The number of nitrogens with zero attached hydrogens (tertiary/aromatic N) is 1. The van der Waals surface area contributed by atoms with Crippen LogP contribution in [0.1, 0.15) is 15.9 Å². The van der Waals surface area contributed by atoms with Crippen molar-refractivity contribution in [1.82, 2.24) is 4.90 Å². The van der Waals surface area contributed by atoms with E-state index < -0.39 is 5.91 Å². The maximum absolute atomic E-state index is 12.9. The van der Waals surface area contributed by atoms with Gasteiger partial charge in [0, 0.05) is 18.7 Å². The summed E-state index contributed by atoms with van der Waals surface area (Å²) >= 11 is 0. The van der Waals surface area contributed by atoms with Crippen LogP contribution in [-0.4, -0.2) is 37.0 Å². The Morgan fingerprint density at radius 1 is 1.15 bits per heavy atom. The lowest BCUT2D eigenvalue weighted by Crippen LogP contribution is -2.30. The first-order chi connectivity index (χ1) is 12.5. The first-order valence-electron chi connectivity index (χ1n) is 8.07. The largest absolute Gasteiger partial charge is 0.497 e. The molecule has 0 aliphatic carbocycles. The fourth-order valence-corrected chi connectivity index (χ4v) is 2.42. The second-order valence-corrected chi connectivity index (χ2v) is 5.61. The summed E-state index contributed by atoms with van der Waals surface area (Å²) in [5, 5.41) is 0. The lowest BCUT2D eigenvalue weighted by Gasteiger charge is -2.22. The van der Waals surface area contributed by atoms with Crippen LogP contribution in [0.25, 0.3) is 0 Å². The number of hydrogen-bond donors (Lipinski definition) is 1. The second-order valence-electron chi connectivity index (χ2n) is 5.61. The van der Waals surface area contributed by atoms with E-state index in [4.69, 9.17) is 15.2 Å². The van der Waals surface area contributed by atoms with Crippen molar-refractivity contribution in [3.8, 4) is 11.5 Å². The van der Waals surface area contributed by atoms with Crippen LogP contribution in [0, 0.1) is 0 Å². The predicted octanol–water partition coefficient (Wildman–Crippen LogP) is 2.39. The number of primary amides is 1. The van der Waals surface area contributed by atoms with Crippen molar-refractivity contribution in [3.63, 3.8) is 0 Å². The summed E-state index contributed by atoms with van der Waals surface area (Å²) in [6.45, 7) is 4.29. The minimum Gasteiger partial charge on any atom is -0.497 e. The van der Waals surface area contributed by atoms with Gasteiger partial charge in [0.15, 0.2) is 6.61 Å². The van der Waals surface area contributed by atoms with Crippen LogP contribution >= 0.6 is 0 Å². The van der Waals surface area contributed by atoms with Crippen molar-refractivity contribution in [2.75, 3.05) is 20.3 Å². The zero-order valence-corrected chi connectivity index (χ0v) is 14.7. The molecule has 26 heavy (non-hydrogen) atoms. The SMILES string of the molecule is C=CCN(Cc1cccc(OC)c1)C(=O)c1cccc(OCC(N)=O)c1. The van der Waals surface area contributed by atoms with Crippen LogP contribution in [-0.2, 0) is 11.3 Å². The van der Waals surface area contributed by atoms with Crippen molar-refractivity contribution in [3.05, 3.63) is 72.3 Å². The number of benzene rings is 2. The lowest BCUT2D eigenvalue weighted by molar-refractivity contribution is -0.119. The quantitative estimate of drug-likeness (QED) is 0.701. The molecule has 0 radical (unpaired) electrons. The van der Waals surface area contributed by atoms with Crippen LogP contribution in [0.3, 0.4) is 0 Å². The van der Waals surface area contributed by atoms with Crippen molar-refractivity contribution in [1.29, 1.82) is 0 Å². The highest BCUT2D eigenvalue weighted by molar-refractivity contribution is 5.94. The lowest BCUT2D eigenvalue weighted by atomic mass is 10.1. The molecule has 0 fully saturated rings. The summed E-state index contributed by atoms with van der Waals surface area (Å²) in [7, 11) is 1.60. The molecule has 0 heterocycles. The normalized spacial score (nSPS) is 10.0. The molecule has 0 aliphatic rings. The van der Waals surface area contributed by atoms with Crippen LogP contribution < -0.4 is 15.2 Å². The van der Waals surface area contributed by atoms with Crippen LogP contribution in [0.2, 0.25) is 0 Å². The fourth-order valence-electron chi connectivity index (χ4n) is 2.42. The average molecular weight is 354 g/mol. The summed E-state index contributed by atoms with van der Waals surface area (Å²) in [6.07, 6.45) is 1.67. The number of rotatable bonds is 9. The van der Waals surface area contributed by atoms with Gasteiger partial charge < -0.3 is 20.1 Å². The Bertz CT molecular complexity index is 789. The maximum atomic E-state index is 12.9. The summed E-state index contributed by atoms with van der Waals surface area (Å²) in [5.41, 5.74) is 6.48. The molecule has 2 amide bonds. The number of hydrogen-bond acceptors (Lipinski definition) is 4. The van der Waals surface area contributed by atoms with Gasteiger partial charge in [-0.3, -0.25) is 9.59 Å². The first-order valence-corrected chi connectivity index (χ1v) is 8.07. The van der Waals surface area contributed by atoms with Crippen molar-refractivity contribution >= 4 is 11.8 Å². The van der Waals surface area contributed by atoms with Crippen molar-refractivity contribution in [2.24, 2.45) is 5.73 Å². The van der Waals surface area contributed by atoms with Gasteiger partial charge in [-0.05, 0) is 35.9 Å². The number of carbonyl (C=O) groups excluding carboxylic acids is 2. The van der Waals surface area contributed by atoms with E-state index in [1.165, 1.54) is 0 Å². The molecular formula is C20H22N2O4. The molecule has 0 aliphatic heterocycles. The predicted molar refractivity (Wildman–Crippen MR) is 99.1 cm³/mol. The van der Waals surface area contributed by atoms with E-state index >= 15 is 0 Å².